The van der Waals surface area contributed by atoms with Crippen molar-refractivity contribution < 1.29 is 14.3 Å². The fourth-order valence-corrected chi connectivity index (χ4v) is 3.61. The van der Waals surface area contributed by atoms with Gasteiger partial charge < -0.3 is 14.8 Å². The molecular formula is C18H20N4O3S2. The minimum absolute atomic E-state index is 0.120. The van der Waals surface area contributed by atoms with Gasteiger partial charge in [-0.15, -0.1) is 11.3 Å². The summed E-state index contributed by atoms with van der Waals surface area (Å²) in [5, 5.41) is 12.0. The van der Waals surface area contributed by atoms with Gasteiger partial charge in [-0.05, 0) is 42.2 Å². The Bertz CT molecular complexity index is 993. The number of aromatic amines is 1. The Morgan fingerprint density at radius 2 is 2.07 bits per heavy atom. The fourth-order valence-electron chi connectivity index (χ4n) is 2.66. The van der Waals surface area contributed by atoms with Crippen LogP contribution in [0.1, 0.15) is 12.0 Å². The minimum atomic E-state index is -0.120. The van der Waals surface area contributed by atoms with Crippen LogP contribution in [0.4, 0.5) is 5.69 Å². The molecule has 0 aliphatic heterocycles. The summed E-state index contributed by atoms with van der Waals surface area (Å²) in [6.07, 6.45) is 0.264. The number of carbonyl (C=O) groups is 1. The van der Waals surface area contributed by atoms with Crippen molar-refractivity contribution in [3.05, 3.63) is 40.0 Å². The first kappa shape index (κ1) is 19.1. The van der Waals surface area contributed by atoms with Crippen molar-refractivity contribution in [2.24, 2.45) is 0 Å². The van der Waals surface area contributed by atoms with Gasteiger partial charge in [0.05, 0.1) is 19.1 Å². The molecule has 3 aromatic rings. The molecule has 0 atom stereocenters. The Hall–Kier alpha value is -2.65. The van der Waals surface area contributed by atoms with Crippen molar-refractivity contribution in [3.8, 4) is 22.2 Å². The molecule has 0 spiro atoms. The Morgan fingerprint density at radius 3 is 2.74 bits per heavy atom. The lowest BCUT2D eigenvalue weighted by molar-refractivity contribution is -0.116. The van der Waals surface area contributed by atoms with Gasteiger partial charge in [0.2, 0.25) is 5.91 Å². The molecule has 0 fully saturated rings. The van der Waals surface area contributed by atoms with Crippen LogP contribution in [0.25, 0.3) is 10.7 Å². The SMILES string of the molecule is COc1cc(C)c(NC(=O)CCn2c(-c3cccs3)n[nH]c2=S)cc1OC. The van der Waals surface area contributed by atoms with Crippen LogP contribution in [0.2, 0.25) is 0 Å². The summed E-state index contributed by atoms with van der Waals surface area (Å²) in [5.74, 6) is 1.81. The van der Waals surface area contributed by atoms with E-state index in [1.165, 1.54) is 0 Å². The van der Waals surface area contributed by atoms with E-state index >= 15 is 0 Å². The lowest BCUT2D eigenvalue weighted by Gasteiger charge is -2.14. The number of benzene rings is 1. The molecule has 0 bridgehead atoms. The van der Waals surface area contributed by atoms with Crippen molar-refractivity contribution in [2.45, 2.75) is 19.9 Å². The second-order valence-corrected chi connectivity index (χ2v) is 7.14. The van der Waals surface area contributed by atoms with Gasteiger partial charge in [0.1, 0.15) is 0 Å². The predicted molar refractivity (Wildman–Crippen MR) is 108 cm³/mol. The van der Waals surface area contributed by atoms with Gasteiger partial charge in [-0.1, -0.05) is 6.07 Å². The molecule has 0 aliphatic rings. The molecule has 1 aromatic carbocycles. The number of nitrogens with zero attached hydrogens (tertiary/aromatic N) is 2. The monoisotopic (exact) mass is 404 g/mol. The third-order valence-corrected chi connectivity index (χ3v) is 5.24. The van der Waals surface area contributed by atoms with Gasteiger partial charge in [-0.3, -0.25) is 14.5 Å². The molecular weight excluding hydrogens is 384 g/mol. The topological polar surface area (TPSA) is 81.2 Å². The van der Waals surface area contributed by atoms with Crippen molar-refractivity contribution in [2.75, 3.05) is 19.5 Å². The standard InChI is InChI=1S/C18H20N4O3S2/c1-11-9-13(24-2)14(25-3)10-12(11)19-16(23)6-7-22-17(20-21-18(22)26)15-5-4-8-27-15/h4-5,8-10H,6-7H2,1-3H3,(H,19,23)(H,21,26). The second kappa shape index (κ2) is 8.36. The van der Waals surface area contributed by atoms with Crippen molar-refractivity contribution >= 4 is 35.1 Å². The molecule has 7 nitrogen and oxygen atoms in total. The zero-order valence-corrected chi connectivity index (χ0v) is 16.9. The molecule has 0 unspecified atom stereocenters. The number of aromatic nitrogens is 3. The number of ether oxygens (including phenoxy) is 2. The largest absolute Gasteiger partial charge is 0.493 e. The van der Waals surface area contributed by atoms with Gasteiger partial charge in [-0.2, -0.15) is 5.10 Å². The number of methoxy groups -OCH3 is 2. The highest BCUT2D eigenvalue weighted by Crippen LogP contribution is 2.33. The highest BCUT2D eigenvalue weighted by Gasteiger charge is 2.14. The minimum Gasteiger partial charge on any atom is -0.493 e. The van der Waals surface area contributed by atoms with E-state index in [2.05, 4.69) is 15.5 Å². The highest BCUT2D eigenvalue weighted by molar-refractivity contribution is 7.71. The van der Waals surface area contributed by atoms with E-state index in [9.17, 15) is 4.79 Å². The summed E-state index contributed by atoms with van der Waals surface area (Å²) in [7, 11) is 3.14. The molecule has 0 radical (unpaired) electrons. The van der Waals surface area contributed by atoms with E-state index in [1.807, 2.05) is 35.1 Å². The average Bonchev–Trinajstić information content (AvgIpc) is 3.31. The van der Waals surface area contributed by atoms with E-state index < -0.39 is 0 Å². The average molecular weight is 405 g/mol. The van der Waals surface area contributed by atoms with Crippen LogP contribution in [0.3, 0.4) is 0 Å². The van der Waals surface area contributed by atoms with Crippen molar-refractivity contribution in [1.82, 2.24) is 14.8 Å². The van der Waals surface area contributed by atoms with Crippen molar-refractivity contribution in [3.63, 3.8) is 0 Å². The lowest BCUT2D eigenvalue weighted by atomic mass is 10.1. The molecule has 1 amide bonds. The van der Waals surface area contributed by atoms with Gasteiger partial charge >= 0.3 is 0 Å². The maximum Gasteiger partial charge on any atom is 0.226 e. The molecule has 2 heterocycles. The summed E-state index contributed by atoms with van der Waals surface area (Å²) in [6, 6.07) is 7.51. The van der Waals surface area contributed by atoms with Crippen LogP contribution in [-0.4, -0.2) is 34.9 Å². The van der Waals surface area contributed by atoms with Gasteiger partial charge in [0.15, 0.2) is 22.1 Å². The van der Waals surface area contributed by atoms with E-state index in [1.54, 1.807) is 31.6 Å². The Morgan fingerprint density at radius 1 is 1.33 bits per heavy atom. The number of aryl methyl sites for hydroxylation is 1. The maximum atomic E-state index is 12.5. The molecule has 27 heavy (non-hydrogen) atoms. The maximum absolute atomic E-state index is 12.5. The summed E-state index contributed by atoms with van der Waals surface area (Å²) in [6.45, 7) is 2.33. The molecule has 2 N–H and O–H groups in total. The summed E-state index contributed by atoms with van der Waals surface area (Å²) in [4.78, 5) is 13.5. The molecule has 142 valence electrons. The zero-order chi connectivity index (χ0) is 19.4. The van der Waals surface area contributed by atoms with Gasteiger partial charge in [0.25, 0.3) is 0 Å². The summed E-state index contributed by atoms with van der Waals surface area (Å²) in [5.41, 5.74) is 1.58. The number of amides is 1. The van der Waals surface area contributed by atoms with Gasteiger partial charge in [-0.25, -0.2) is 0 Å². The first-order valence-electron chi connectivity index (χ1n) is 8.25. The number of hydrogen-bond donors (Lipinski definition) is 2. The Kier molecular flexibility index (Phi) is 5.92. The molecule has 2 aromatic heterocycles. The van der Waals surface area contributed by atoms with Crippen LogP contribution < -0.4 is 14.8 Å². The smallest absolute Gasteiger partial charge is 0.226 e. The van der Waals surface area contributed by atoms with Crippen LogP contribution in [0.5, 0.6) is 11.5 Å². The number of rotatable bonds is 7. The summed E-state index contributed by atoms with van der Waals surface area (Å²) < 4.78 is 12.9. The first-order valence-corrected chi connectivity index (χ1v) is 9.53. The Labute approximate surface area is 165 Å². The molecule has 9 heteroatoms. The van der Waals surface area contributed by atoms with E-state index in [4.69, 9.17) is 21.7 Å². The number of anilines is 1. The second-order valence-electron chi connectivity index (χ2n) is 5.80. The number of H-pyrrole nitrogens is 1. The van der Waals surface area contributed by atoms with Crippen LogP contribution >= 0.6 is 23.6 Å². The third kappa shape index (κ3) is 4.20. The van der Waals surface area contributed by atoms with Crippen molar-refractivity contribution in [1.29, 1.82) is 0 Å². The fraction of sp³-hybridized carbons (Fsp3) is 0.278. The quantitative estimate of drug-likeness (QED) is 0.581. The number of hydrogen-bond acceptors (Lipinski definition) is 6. The molecule has 0 saturated carbocycles. The lowest BCUT2D eigenvalue weighted by Crippen LogP contribution is -2.16. The van der Waals surface area contributed by atoms with E-state index in [-0.39, 0.29) is 12.3 Å². The number of nitrogens with one attached hydrogen (secondary N) is 2. The number of thiophene rings is 1. The highest BCUT2D eigenvalue weighted by atomic mass is 32.1. The molecule has 0 aliphatic carbocycles. The molecule has 0 saturated heterocycles. The van der Waals surface area contributed by atoms with E-state index in [0.29, 0.717) is 28.5 Å². The predicted octanol–water partition coefficient (Wildman–Crippen LogP) is 4.02. The first-order chi connectivity index (χ1) is 13.0. The summed E-state index contributed by atoms with van der Waals surface area (Å²) >= 11 is 6.87. The third-order valence-electron chi connectivity index (χ3n) is 4.07. The molecule has 3 rings (SSSR count). The normalized spacial score (nSPS) is 10.6. The van der Waals surface area contributed by atoms with Crippen LogP contribution in [0, 0.1) is 11.7 Å². The zero-order valence-electron chi connectivity index (χ0n) is 15.2. The Balaban J connectivity index is 1.71. The van der Waals surface area contributed by atoms with E-state index in [0.717, 1.165) is 16.3 Å². The van der Waals surface area contributed by atoms with Crippen LogP contribution in [-0.2, 0) is 11.3 Å². The van der Waals surface area contributed by atoms with Crippen LogP contribution in [0.15, 0.2) is 29.6 Å². The van der Waals surface area contributed by atoms with Gasteiger partial charge in [0, 0.05) is 24.7 Å². The number of carbonyl (C=O) groups excluding carboxylic acids is 1.